The second-order valence-electron chi connectivity index (χ2n) is 6.57. The lowest BCUT2D eigenvalue weighted by Gasteiger charge is -2.25. The number of fused-ring (bicyclic) bond motifs is 3. The molecule has 1 unspecified atom stereocenters. The number of aromatic amines is 1. The van der Waals surface area contributed by atoms with E-state index in [9.17, 15) is 0 Å². The second kappa shape index (κ2) is 5.82. The normalized spacial score (nSPS) is 22.8. The van der Waals surface area contributed by atoms with E-state index in [0.29, 0.717) is 6.04 Å². The molecule has 3 heteroatoms. The van der Waals surface area contributed by atoms with Crippen LogP contribution in [0.5, 0.6) is 0 Å². The predicted molar refractivity (Wildman–Crippen MR) is 87.8 cm³/mol. The molecule has 2 N–H and O–H groups in total. The van der Waals surface area contributed by atoms with Crippen molar-refractivity contribution < 1.29 is 0 Å². The van der Waals surface area contributed by atoms with Gasteiger partial charge in [-0.15, -0.1) is 0 Å². The first-order valence-electron chi connectivity index (χ1n) is 8.44. The maximum absolute atomic E-state index is 3.79. The summed E-state index contributed by atoms with van der Waals surface area (Å²) in [6.45, 7) is 4.97. The zero-order valence-electron chi connectivity index (χ0n) is 12.7. The quantitative estimate of drug-likeness (QED) is 0.904. The van der Waals surface area contributed by atoms with Crippen LogP contribution in [-0.4, -0.2) is 42.1 Å². The van der Waals surface area contributed by atoms with Crippen molar-refractivity contribution in [1.29, 1.82) is 0 Å². The van der Waals surface area contributed by atoms with E-state index in [1.807, 2.05) is 0 Å². The summed E-state index contributed by atoms with van der Waals surface area (Å²) in [6, 6.07) is 9.39. The molecule has 0 spiro atoms. The van der Waals surface area contributed by atoms with Crippen molar-refractivity contribution in [3.63, 3.8) is 0 Å². The van der Waals surface area contributed by atoms with Gasteiger partial charge in [-0.3, -0.25) is 0 Å². The third-order valence-corrected chi connectivity index (χ3v) is 5.16. The Morgan fingerprint density at radius 2 is 2.05 bits per heavy atom. The first kappa shape index (κ1) is 13.4. The molecule has 3 nitrogen and oxygen atoms in total. The van der Waals surface area contributed by atoms with Gasteiger partial charge in [-0.05, 0) is 56.8 Å². The summed E-state index contributed by atoms with van der Waals surface area (Å²) < 4.78 is 0. The zero-order valence-corrected chi connectivity index (χ0v) is 12.7. The van der Waals surface area contributed by atoms with E-state index in [-0.39, 0.29) is 0 Å². The number of H-pyrrole nitrogens is 1. The van der Waals surface area contributed by atoms with E-state index < -0.39 is 0 Å². The second-order valence-corrected chi connectivity index (χ2v) is 6.57. The Kier molecular flexibility index (Phi) is 3.70. The van der Waals surface area contributed by atoms with Gasteiger partial charge >= 0.3 is 0 Å². The topological polar surface area (TPSA) is 31.1 Å². The molecule has 1 aliphatic heterocycles. The molecule has 2 aliphatic rings. The van der Waals surface area contributed by atoms with Crippen molar-refractivity contribution in [3.8, 4) is 0 Å². The first-order valence-corrected chi connectivity index (χ1v) is 8.44. The highest BCUT2D eigenvalue weighted by Gasteiger charge is 2.22. The molecule has 0 amide bonds. The highest BCUT2D eigenvalue weighted by Crippen LogP contribution is 2.28. The Bertz CT molecular complexity index is 610. The zero-order chi connectivity index (χ0) is 14.1. The monoisotopic (exact) mass is 283 g/mol. The molecule has 1 saturated heterocycles. The number of hydrogen-bond donors (Lipinski definition) is 2. The lowest BCUT2D eigenvalue weighted by atomic mass is 9.91. The maximum atomic E-state index is 3.79. The standard InChI is InChI=1S/C18H25N3/c1-2-6-17-15(5-1)16-13-14(7-8-18(16)20-17)19-9-12-21-10-3-4-11-21/h1-2,5-6,14,19-20H,3-4,7-13H2. The molecule has 112 valence electrons. The van der Waals surface area contributed by atoms with Gasteiger partial charge in [-0.2, -0.15) is 0 Å². The van der Waals surface area contributed by atoms with E-state index in [4.69, 9.17) is 0 Å². The number of para-hydroxylation sites is 1. The molecule has 1 fully saturated rings. The highest BCUT2D eigenvalue weighted by atomic mass is 15.2. The fourth-order valence-corrected chi connectivity index (χ4v) is 3.98. The molecule has 4 rings (SSSR count). The molecule has 2 aromatic rings. The average molecular weight is 283 g/mol. The lowest BCUT2D eigenvalue weighted by molar-refractivity contribution is 0.322. The van der Waals surface area contributed by atoms with Crippen LogP contribution >= 0.6 is 0 Å². The number of rotatable bonds is 4. The number of aromatic nitrogens is 1. The van der Waals surface area contributed by atoms with E-state index >= 15 is 0 Å². The van der Waals surface area contributed by atoms with Gasteiger partial charge in [0, 0.05) is 35.7 Å². The first-order chi connectivity index (χ1) is 10.4. The van der Waals surface area contributed by atoms with Crippen LogP contribution in [0, 0.1) is 0 Å². The molecule has 0 bridgehead atoms. The van der Waals surface area contributed by atoms with Crippen molar-refractivity contribution >= 4 is 10.9 Å². The third-order valence-electron chi connectivity index (χ3n) is 5.16. The minimum Gasteiger partial charge on any atom is -0.358 e. The molecule has 1 aliphatic carbocycles. The number of benzene rings is 1. The van der Waals surface area contributed by atoms with Gasteiger partial charge in [0.25, 0.3) is 0 Å². The minimum absolute atomic E-state index is 0.652. The van der Waals surface area contributed by atoms with Crippen LogP contribution in [0.1, 0.15) is 30.5 Å². The van der Waals surface area contributed by atoms with Gasteiger partial charge < -0.3 is 15.2 Å². The Balaban J connectivity index is 1.39. The van der Waals surface area contributed by atoms with Crippen molar-refractivity contribution in [3.05, 3.63) is 35.5 Å². The number of hydrogen-bond acceptors (Lipinski definition) is 2. The third kappa shape index (κ3) is 2.72. The van der Waals surface area contributed by atoms with E-state index in [0.717, 1.165) is 6.54 Å². The number of likely N-dealkylation sites (tertiary alicyclic amines) is 1. The molecular weight excluding hydrogens is 258 g/mol. The van der Waals surface area contributed by atoms with Crippen molar-refractivity contribution in [2.45, 2.75) is 38.1 Å². The van der Waals surface area contributed by atoms with Crippen LogP contribution in [-0.2, 0) is 12.8 Å². The average Bonchev–Trinajstić information content (AvgIpc) is 3.14. The van der Waals surface area contributed by atoms with Gasteiger partial charge in [-0.25, -0.2) is 0 Å². The van der Waals surface area contributed by atoms with Gasteiger partial charge in [0.05, 0.1) is 0 Å². The Labute approximate surface area is 126 Å². The summed E-state index contributed by atoms with van der Waals surface area (Å²) in [7, 11) is 0. The van der Waals surface area contributed by atoms with Gasteiger partial charge in [0.2, 0.25) is 0 Å². The Morgan fingerprint density at radius 3 is 2.95 bits per heavy atom. The van der Waals surface area contributed by atoms with Crippen molar-refractivity contribution in [2.75, 3.05) is 26.2 Å². The molecule has 1 atom stereocenters. The fourth-order valence-electron chi connectivity index (χ4n) is 3.98. The Morgan fingerprint density at radius 1 is 1.19 bits per heavy atom. The molecule has 21 heavy (non-hydrogen) atoms. The van der Waals surface area contributed by atoms with Crippen molar-refractivity contribution in [1.82, 2.24) is 15.2 Å². The van der Waals surface area contributed by atoms with E-state index in [1.54, 1.807) is 5.56 Å². The van der Waals surface area contributed by atoms with Gasteiger partial charge in [0.15, 0.2) is 0 Å². The molecule has 1 aromatic heterocycles. The predicted octanol–water partition coefficient (Wildman–Crippen LogP) is 2.71. The summed E-state index contributed by atoms with van der Waals surface area (Å²) in [5.41, 5.74) is 4.32. The number of aryl methyl sites for hydroxylation is 1. The highest BCUT2D eigenvalue weighted by molar-refractivity contribution is 5.84. The summed E-state index contributed by atoms with van der Waals surface area (Å²) in [6.07, 6.45) is 6.41. The van der Waals surface area contributed by atoms with Gasteiger partial charge in [-0.1, -0.05) is 18.2 Å². The van der Waals surface area contributed by atoms with Crippen LogP contribution < -0.4 is 5.32 Å². The summed E-state index contributed by atoms with van der Waals surface area (Å²) in [5, 5.41) is 5.22. The lowest BCUT2D eigenvalue weighted by Crippen LogP contribution is -2.39. The van der Waals surface area contributed by atoms with Crippen molar-refractivity contribution in [2.24, 2.45) is 0 Å². The molecule has 1 aromatic carbocycles. The molecular formula is C18H25N3. The van der Waals surface area contributed by atoms with Crippen LogP contribution in [0.3, 0.4) is 0 Å². The van der Waals surface area contributed by atoms with Crippen LogP contribution in [0.15, 0.2) is 24.3 Å². The SMILES string of the molecule is c1ccc2c3c([nH]c2c1)CCC(NCCN1CCCC1)C3. The summed E-state index contributed by atoms with van der Waals surface area (Å²) >= 11 is 0. The summed E-state index contributed by atoms with van der Waals surface area (Å²) in [4.78, 5) is 6.19. The molecule has 0 saturated carbocycles. The summed E-state index contributed by atoms with van der Waals surface area (Å²) in [5.74, 6) is 0. The Hall–Kier alpha value is -1.32. The van der Waals surface area contributed by atoms with Crippen LogP contribution in [0.25, 0.3) is 10.9 Å². The number of nitrogens with zero attached hydrogens (tertiary/aromatic N) is 1. The van der Waals surface area contributed by atoms with Gasteiger partial charge in [0.1, 0.15) is 0 Å². The van der Waals surface area contributed by atoms with Crippen LogP contribution in [0.2, 0.25) is 0 Å². The fraction of sp³-hybridized carbons (Fsp3) is 0.556. The smallest absolute Gasteiger partial charge is 0.0458 e. The largest absolute Gasteiger partial charge is 0.358 e. The van der Waals surface area contributed by atoms with E-state index in [1.165, 1.54) is 68.3 Å². The van der Waals surface area contributed by atoms with Crippen LogP contribution in [0.4, 0.5) is 0 Å². The minimum atomic E-state index is 0.652. The molecule has 0 radical (unpaired) electrons. The molecule has 2 heterocycles. The maximum Gasteiger partial charge on any atom is 0.0458 e. The van der Waals surface area contributed by atoms with E-state index in [2.05, 4.69) is 39.5 Å². The number of nitrogens with one attached hydrogen (secondary N) is 2.